The summed E-state index contributed by atoms with van der Waals surface area (Å²) < 4.78 is 28.0. The number of sulfone groups is 1. The maximum absolute atomic E-state index is 13.2. The van der Waals surface area contributed by atoms with Gasteiger partial charge < -0.3 is 14.8 Å². The molecule has 8 heteroatoms. The van der Waals surface area contributed by atoms with Crippen molar-refractivity contribution in [2.75, 3.05) is 24.2 Å². The quantitative estimate of drug-likeness (QED) is 0.563. The third-order valence-electron chi connectivity index (χ3n) is 5.71. The maximum Gasteiger partial charge on any atom is 0.242 e. The van der Waals surface area contributed by atoms with Crippen LogP contribution in [0.5, 0.6) is 0 Å². The van der Waals surface area contributed by atoms with E-state index in [4.69, 9.17) is 0 Å². The minimum Gasteiger partial charge on any atom is -0.342 e. The Kier molecular flexibility index (Phi) is 7.03. The first-order valence-corrected chi connectivity index (χ1v) is 12.3. The number of amides is 2. The van der Waals surface area contributed by atoms with Crippen LogP contribution in [-0.4, -0.2) is 48.5 Å². The van der Waals surface area contributed by atoms with Gasteiger partial charge >= 0.3 is 0 Å². The van der Waals surface area contributed by atoms with E-state index in [1.807, 2.05) is 39.8 Å². The van der Waals surface area contributed by atoms with E-state index in [2.05, 4.69) is 5.32 Å². The lowest BCUT2D eigenvalue weighted by atomic mass is 10.1. The van der Waals surface area contributed by atoms with Crippen LogP contribution in [0.3, 0.4) is 0 Å². The topological polar surface area (TPSA) is 88.5 Å². The fourth-order valence-corrected chi connectivity index (χ4v) is 5.11. The normalized spacial score (nSPS) is 11.5. The van der Waals surface area contributed by atoms with Gasteiger partial charge in [0.1, 0.15) is 12.3 Å². The molecule has 0 saturated carbocycles. The number of aromatic nitrogens is 1. The molecule has 32 heavy (non-hydrogen) atoms. The van der Waals surface area contributed by atoms with Crippen LogP contribution in [0.25, 0.3) is 10.9 Å². The van der Waals surface area contributed by atoms with Crippen molar-refractivity contribution in [2.24, 2.45) is 0 Å². The summed E-state index contributed by atoms with van der Waals surface area (Å²) in [5.74, 6) is -1.37. The summed E-state index contributed by atoms with van der Waals surface area (Å²) in [5, 5.41) is 3.21. The van der Waals surface area contributed by atoms with Crippen molar-refractivity contribution in [3.63, 3.8) is 0 Å². The van der Waals surface area contributed by atoms with Crippen LogP contribution >= 0.6 is 0 Å². The van der Waals surface area contributed by atoms with Crippen LogP contribution in [0.4, 0.5) is 5.69 Å². The molecule has 0 aliphatic carbocycles. The lowest BCUT2D eigenvalue weighted by Crippen LogP contribution is -2.33. The van der Waals surface area contributed by atoms with E-state index in [9.17, 15) is 18.0 Å². The highest BCUT2D eigenvalue weighted by atomic mass is 32.2. The Hall–Kier alpha value is -3.13. The average Bonchev–Trinajstić information content (AvgIpc) is 3.11. The number of benzene rings is 2. The van der Waals surface area contributed by atoms with E-state index in [0.29, 0.717) is 29.7 Å². The van der Waals surface area contributed by atoms with Crippen molar-refractivity contribution in [1.29, 1.82) is 0 Å². The van der Waals surface area contributed by atoms with E-state index in [0.717, 1.165) is 11.1 Å². The van der Waals surface area contributed by atoms with E-state index < -0.39 is 21.5 Å². The number of hydrogen-bond acceptors (Lipinski definition) is 4. The molecule has 3 rings (SSSR count). The summed E-state index contributed by atoms with van der Waals surface area (Å²) in [6.07, 6.45) is 1.46. The monoisotopic (exact) mass is 455 g/mol. The minimum atomic E-state index is -3.93. The molecule has 3 aromatic rings. The van der Waals surface area contributed by atoms with Gasteiger partial charge in [-0.2, -0.15) is 0 Å². The Morgan fingerprint density at radius 1 is 1.00 bits per heavy atom. The maximum atomic E-state index is 13.2. The fourth-order valence-electron chi connectivity index (χ4n) is 3.74. The Balaban J connectivity index is 1.90. The zero-order valence-electron chi connectivity index (χ0n) is 18.9. The molecule has 0 fully saturated rings. The molecule has 170 valence electrons. The van der Waals surface area contributed by atoms with Gasteiger partial charge in [0.25, 0.3) is 0 Å². The molecule has 0 unspecified atom stereocenters. The fraction of sp³-hybridized carbons (Fsp3) is 0.333. The van der Waals surface area contributed by atoms with Gasteiger partial charge in [-0.3, -0.25) is 9.59 Å². The molecule has 0 spiro atoms. The molecule has 1 heterocycles. The highest BCUT2D eigenvalue weighted by Crippen LogP contribution is 2.27. The van der Waals surface area contributed by atoms with Crippen LogP contribution in [-0.2, 0) is 26.0 Å². The Labute approximate surface area is 188 Å². The zero-order valence-corrected chi connectivity index (χ0v) is 19.7. The van der Waals surface area contributed by atoms with Gasteiger partial charge in [-0.15, -0.1) is 0 Å². The highest BCUT2D eigenvalue weighted by molar-refractivity contribution is 7.92. The first-order chi connectivity index (χ1) is 15.2. The van der Waals surface area contributed by atoms with E-state index in [1.54, 1.807) is 39.8 Å². The smallest absolute Gasteiger partial charge is 0.242 e. The highest BCUT2D eigenvalue weighted by Gasteiger charge is 2.25. The van der Waals surface area contributed by atoms with Crippen LogP contribution in [0, 0.1) is 13.8 Å². The number of aryl methyl sites for hydroxylation is 1. The summed E-state index contributed by atoms with van der Waals surface area (Å²) in [5.41, 5.74) is 3.13. The van der Waals surface area contributed by atoms with Crippen molar-refractivity contribution in [3.05, 3.63) is 59.8 Å². The number of carbonyl (C=O) groups excluding carboxylic acids is 2. The molecular weight excluding hydrogens is 426 g/mol. The second-order valence-electron chi connectivity index (χ2n) is 7.76. The third kappa shape index (κ3) is 4.85. The van der Waals surface area contributed by atoms with Crippen molar-refractivity contribution >= 4 is 38.2 Å². The molecule has 0 atom stereocenters. The number of para-hydroxylation sites is 1. The van der Waals surface area contributed by atoms with Gasteiger partial charge in [0.15, 0.2) is 9.84 Å². The van der Waals surface area contributed by atoms with Gasteiger partial charge in [0, 0.05) is 35.9 Å². The van der Waals surface area contributed by atoms with Crippen LogP contribution < -0.4 is 5.32 Å². The second-order valence-corrected chi connectivity index (χ2v) is 9.72. The van der Waals surface area contributed by atoms with Crippen molar-refractivity contribution in [1.82, 2.24) is 9.47 Å². The molecule has 0 aliphatic rings. The Bertz CT molecular complexity index is 1260. The molecule has 1 aromatic heterocycles. The summed E-state index contributed by atoms with van der Waals surface area (Å²) in [7, 11) is -3.93. The zero-order chi connectivity index (χ0) is 23.5. The Morgan fingerprint density at radius 3 is 2.38 bits per heavy atom. The van der Waals surface area contributed by atoms with E-state index in [1.165, 1.54) is 6.20 Å². The Morgan fingerprint density at radius 2 is 1.69 bits per heavy atom. The largest absolute Gasteiger partial charge is 0.342 e. The molecule has 2 amide bonds. The molecule has 0 aliphatic heterocycles. The minimum absolute atomic E-state index is 0.0341. The molecule has 0 saturated heterocycles. The van der Waals surface area contributed by atoms with Gasteiger partial charge in [-0.05, 0) is 51.0 Å². The predicted molar refractivity (Wildman–Crippen MR) is 126 cm³/mol. The SMILES string of the molecule is CCN(CC)C(=O)Cn1cc(S(=O)(=O)CC(=O)Nc2cccc(C)c2C)c2ccccc21. The molecule has 7 nitrogen and oxygen atoms in total. The number of rotatable bonds is 8. The number of likely N-dealkylation sites (N-methyl/N-ethyl adjacent to an activating group) is 1. The van der Waals surface area contributed by atoms with Crippen molar-refractivity contribution < 1.29 is 18.0 Å². The van der Waals surface area contributed by atoms with Crippen LogP contribution in [0.2, 0.25) is 0 Å². The summed E-state index contributed by atoms with van der Waals surface area (Å²) in [6, 6.07) is 12.5. The number of nitrogens with zero attached hydrogens (tertiary/aromatic N) is 2. The van der Waals surface area contributed by atoms with Crippen molar-refractivity contribution in [3.8, 4) is 0 Å². The second kappa shape index (κ2) is 9.56. The van der Waals surface area contributed by atoms with Crippen molar-refractivity contribution in [2.45, 2.75) is 39.1 Å². The average molecular weight is 456 g/mol. The predicted octanol–water partition coefficient (Wildman–Crippen LogP) is 3.54. The van der Waals surface area contributed by atoms with Crippen LogP contribution in [0.1, 0.15) is 25.0 Å². The van der Waals surface area contributed by atoms with Gasteiger partial charge in [0.2, 0.25) is 11.8 Å². The number of anilines is 1. The first-order valence-electron chi connectivity index (χ1n) is 10.6. The number of fused-ring (bicyclic) bond motifs is 1. The van der Waals surface area contributed by atoms with Gasteiger partial charge in [0.05, 0.1) is 4.90 Å². The number of carbonyl (C=O) groups is 2. The number of nitrogens with one attached hydrogen (secondary N) is 1. The van der Waals surface area contributed by atoms with Gasteiger partial charge in [-0.25, -0.2) is 8.42 Å². The lowest BCUT2D eigenvalue weighted by Gasteiger charge is -2.19. The van der Waals surface area contributed by atoms with E-state index >= 15 is 0 Å². The molecule has 0 radical (unpaired) electrons. The molecule has 1 N–H and O–H groups in total. The summed E-state index contributed by atoms with van der Waals surface area (Å²) in [4.78, 5) is 27.0. The molecular formula is C24H29N3O4S. The van der Waals surface area contributed by atoms with Crippen LogP contribution in [0.15, 0.2) is 53.6 Å². The van der Waals surface area contributed by atoms with E-state index in [-0.39, 0.29) is 17.3 Å². The third-order valence-corrected chi connectivity index (χ3v) is 7.35. The summed E-state index contributed by atoms with van der Waals surface area (Å²) in [6.45, 7) is 8.80. The molecule has 2 aromatic carbocycles. The van der Waals surface area contributed by atoms with Gasteiger partial charge in [-0.1, -0.05) is 30.3 Å². The molecule has 0 bridgehead atoms. The number of hydrogen-bond donors (Lipinski definition) is 1. The first kappa shape index (κ1) is 23.5. The standard InChI is InChI=1S/C24H29N3O4S/c1-5-26(6-2)24(29)15-27-14-22(19-11-7-8-13-21(19)27)32(30,31)16-23(28)25-20-12-9-10-17(3)18(20)4/h7-14H,5-6,15-16H2,1-4H3,(H,25,28). The summed E-state index contributed by atoms with van der Waals surface area (Å²) >= 11 is 0. The lowest BCUT2D eigenvalue weighted by molar-refractivity contribution is -0.131.